The van der Waals surface area contributed by atoms with Gasteiger partial charge in [-0.05, 0) is 23.3 Å². The number of rotatable bonds is 4. The highest BCUT2D eigenvalue weighted by Crippen LogP contribution is 2.20. The maximum Gasteiger partial charge on any atom is 0.265 e. The van der Waals surface area contributed by atoms with Crippen LogP contribution in [0.15, 0.2) is 96.6 Å². The van der Waals surface area contributed by atoms with Gasteiger partial charge in [-0.15, -0.1) is 0 Å². The maximum atomic E-state index is 12.8. The number of Topliss-reactive ketones (excluding diaryl/α,β-unsaturated/α-hetero) is 1. The average Bonchev–Trinajstić information content (AvgIpc) is 2.74. The van der Waals surface area contributed by atoms with Crippen LogP contribution in [0.25, 0.3) is 27.7 Å². The van der Waals surface area contributed by atoms with Crippen molar-refractivity contribution in [2.45, 2.75) is 0 Å². The fourth-order valence-electron chi connectivity index (χ4n) is 2.98. The van der Waals surface area contributed by atoms with E-state index >= 15 is 0 Å². The van der Waals surface area contributed by atoms with Crippen molar-refractivity contribution in [1.82, 2.24) is 9.55 Å². The van der Waals surface area contributed by atoms with Crippen molar-refractivity contribution in [3.05, 3.63) is 108 Å². The SMILES string of the molecule is C=C(C(=O)c1ccc(-c2ccccc2)cc1)n1cnc2ccccc2c1=O. The zero-order chi connectivity index (χ0) is 18.8. The van der Waals surface area contributed by atoms with Gasteiger partial charge in [0.05, 0.1) is 16.6 Å². The fourth-order valence-corrected chi connectivity index (χ4v) is 2.98. The van der Waals surface area contributed by atoms with E-state index in [2.05, 4.69) is 11.6 Å². The lowest BCUT2D eigenvalue weighted by Gasteiger charge is -2.09. The van der Waals surface area contributed by atoms with Crippen molar-refractivity contribution in [1.29, 1.82) is 0 Å². The van der Waals surface area contributed by atoms with Crippen molar-refractivity contribution in [3.8, 4) is 11.1 Å². The van der Waals surface area contributed by atoms with Crippen LogP contribution in [0.4, 0.5) is 0 Å². The van der Waals surface area contributed by atoms with Gasteiger partial charge < -0.3 is 0 Å². The Balaban J connectivity index is 1.66. The summed E-state index contributed by atoms with van der Waals surface area (Å²) in [6.07, 6.45) is 1.35. The number of ketones is 1. The van der Waals surface area contributed by atoms with Crippen LogP contribution in [-0.4, -0.2) is 15.3 Å². The average molecular weight is 352 g/mol. The van der Waals surface area contributed by atoms with Crippen molar-refractivity contribution >= 4 is 22.4 Å². The molecule has 0 N–H and O–H groups in total. The molecule has 4 heteroatoms. The van der Waals surface area contributed by atoms with Crippen molar-refractivity contribution in [3.63, 3.8) is 0 Å². The molecule has 0 amide bonds. The number of allylic oxidation sites excluding steroid dienone is 1. The second kappa shape index (κ2) is 6.84. The highest BCUT2D eigenvalue weighted by molar-refractivity contribution is 6.23. The second-order valence-corrected chi connectivity index (χ2v) is 6.16. The van der Waals surface area contributed by atoms with E-state index in [0.717, 1.165) is 11.1 Å². The predicted octanol–water partition coefficient (Wildman–Crippen LogP) is 4.42. The third-order valence-corrected chi connectivity index (χ3v) is 4.47. The number of benzene rings is 3. The lowest BCUT2D eigenvalue weighted by molar-refractivity contribution is 0.105. The predicted molar refractivity (Wildman–Crippen MR) is 108 cm³/mol. The van der Waals surface area contributed by atoms with Crippen LogP contribution in [0, 0.1) is 0 Å². The Morgan fingerprint density at radius 1 is 0.815 bits per heavy atom. The van der Waals surface area contributed by atoms with Crippen molar-refractivity contribution < 1.29 is 4.79 Å². The summed E-state index contributed by atoms with van der Waals surface area (Å²) in [5, 5.41) is 0.452. The molecule has 0 spiro atoms. The molecule has 4 aromatic rings. The summed E-state index contributed by atoms with van der Waals surface area (Å²) in [5.74, 6) is -0.311. The van der Waals surface area contributed by atoms with Gasteiger partial charge in [0.25, 0.3) is 5.56 Å². The number of carbonyl (C=O) groups excluding carboxylic acids is 1. The molecule has 4 nitrogen and oxygen atoms in total. The number of nitrogens with zero attached hydrogens (tertiary/aromatic N) is 2. The van der Waals surface area contributed by atoms with E-state index in [1.54, 1.807) is 30.3 Å². The van der Waals surface area contributed by atoms with E-state index in [9.17, 15) is 9.59 Å². The lowest BCUT2D eigenvalue weighted by atomic mass is 10.0. The van der Waals surface area contributed by atoms with E-state index in [1.807, 2.05) is 48.5 Å². The van der Waals surface area contributed by atoms with Gasteiger partial charge in [0.15, 0.2) is 0 Å². The first-order chi connectivity index (χ1) is 13.1. The Bertz CT molecular complexity index is 1210. The minimum absolute atomic E-state index is 0.0747. The molecule has 0 aliphatic carbocycles. The van der Waals surface area contributed by atoms with Crippen LogP contribution in [0.2, 0.25) is 0 Å². The molecular weight excluding hydrogens is 336 g/mol. The monoisotopic (exact) mass is 352 g/mol. The third-order valence-electron chi connectivity index (χ3n) is 4.47. The first-order valence-corrected chi connectivity index (χ1v) is 8.51. The lowest BCUT2D eigenvalue weighted by Crippen LogP contribution is -2.23. The smallest absolute Gasteiger partial charge is 0.265 e. The largest absolute Gasteiger partial charge is 0.287 e. The first kappa shape index (κ1) is 16.7. The Hall–Kier alpha value is -3.79. The van der Waals surface area contributed by atoms with Crippen LogP contribution in [-0.2, 0) is 0 Å². The second-order valence-electron chi connectivity index (χ2n) is 6.16. The molecule has 0 atom stereocenters. The fraction of sp³-hybridized carbons (Fsp3) is 0. The summed E-state index contributed by atoms with van der Waals surface area (Å²) in [6, 6.07) is 24.2. The molecule has 0 bridgehead atoms. The van der Waals surface area contributed by atoms with E-state index in [1.165, 1.54) is 10.9 Å². The molecule has 0 saturated carbocycles. The van der Waals surface area contributed by atoms with E-state index in [-0.39, 0.29) is 17.0 Å². The Morgan fingerprint density at radius 2 is 1.44 bits per heavy atom. The normalized spacial score (nSPS) is 10.7. The van der Waals surface area contributed by atoms with Gasteiger partial charge >= 0.3 is 0 Å². The quantitative estimate of drug-likeness (QED) is 0.404. The highest BCUT2D eigenvalue weighted by Gasteiger charge is 2.15. The number of fused-ring (bicyclic) bond motifs is 1. The van der Waals surface area contributed by atoms with Gasteiger partial charge in [0, 0.05) is 5.56 Å². The molecule has 0 saturated heterocycles. The number of hydrogen-bond acceptors (Lipinski definition) is 3. The van der Waals surface area contributed by atoms with Crippen molar-refractivity contribution in [2.24, 2.45) is 0 Å². The highest BCUT2D eigenvalue weighted by atomic mass is 16.1. The van der Waals surface area contributed by atoms with Crippen LogP contribution in [0.5, 0.6) is 0 Å². The van der Waals surface area contributed by atoms with Crippen LogP contribution >= 0.6 is 0 Å². The molecule has 0 radical (unpaired) electrons. The summed E-state index contributed by atoms with van der Waals surface area (Å²) in [7, 11) is 0. The van der Waals surface area contributed by atoms with Gasteiger partial charge in [0.1, 0.15) is 6.33 Å². The number of carbonyl (C=O) groups is 1. The van der Waals surface area contributed by atoms with Gasteiger partial charge in [0.2, 0.25) is 5.78 Å². The van der Waals surface area contributed by atoms with Crippen molar-refractivity contribution in [2.75, 3.05) is 0 Å². The molecule has 3 aromatic carbocycles. The molecule has 0 aliphatic heterocycles. The molecule has 1 heterocycles. The van der Waals surface area contributed by atoms with Gasteiger partial charge in [-0.3, -0.25) is 14.2 Å². The summed E-state index contributed by atoms with van der Waals surface area (Å²) >= 11 is 0. The number of aromatic nitrogens is 2. The summed E-state index contributed by atoms with van der Waals surface area (Å²) in [5.41, 5.74) is 2.92. The Labute approximate surface area is 156 Å². The summed E-state index contributed by atoms with van der Waals surface area (Å²) in [4.78, 5) is 29.7. The standard InChI is InChI=1S/C23H16N2O2/c1-16(25-15-24-21-10-6-5-9-20(21)23(25)27)22(26)19-13-11-18(12-14-19)17-7-3-2-4-8-17/h2-15H,1H2. The molecule has 0 fully saturated rings. The van der Waals surface area contributed by atoms with Crippen LogP contribution in [0.1, 0.15) is 10.4 Å². The topological polar surface area (TPSA) is 52.0 Å². The van der Waals surface area contributed by atoms with Crippen LogP contribution in [0.3, 0.4) is 0 Å². The number of para-hydroxylation sites is 1. The minimum Gasteiger partial charge on any atom is -0.287 e. The molecular formula is C23H16N2O2. The summed E-state index contributed by atoms with van der Waals surface area (Å²) < 4.78 is 1.20. The Morgan fingerprint density at radius 3 is 2.19 bits per heavy atom. The van der Waals surface area contributed by atoms with E-state index in [4.69, 9.17) is 0 Å². The molecule has 27 heavy (non-hydrogen) atoms. The zero-order valence-electron chi connectivity index (χ0n) is 14.5. The van der Waals surface area contributed by atoms with Gasteiger partial charge in [-0.1, -0.05) is 73.3 Å². The third kappa shape index (κ3) is 3.09. The van der Waals surface area contributed by atoms with E-state index in [0.29, 0.717) is 16.5 Å². The van der Waals surface area contributed by atoms with E-state index < -0.39 is 0 Å². The number of hydrogen-bond donors (Lipinski definition) is 0. The molecule has 1 aromatic heterocycles. The Kier molecular flexibility index (Phi) is 4.22. The van der Waals surface area contributed by atoms with Crippen LogP contribution < -0.4 is 5.56 Å². The first-order valence-electron chi connectivity index (χ1n) is 8.51. The molecule has 130 valence electrons. The zero-order valence-corrected chi connectivity index (χ0v) is 14.5. The molecule has 4 rings (SSSR count). The van der Waals surface area contributed by atoms with Gasteiger partial charge in [-0.2, -0.15) is 0 Å². The van der Waals surface area contributed by atoms with Gasteiger partial charge in [-0.25, -0.2) is 4.98 Å². The molecule has 0 unspecified atom stereocenters. The minimum atomic E-state index is -0.311. The maximum absolute atomic E-state index is 12.8. The molecule has 0 aliphatic rings. The summed E-state index contributed by atoms with van der Waals surface area (Å²) in [6.45, 7) is 3.82.